The maximum absolute atomic E-state index is 12.7. The van der Waals surface area contributed by atoms with Crippen molar-refractivity contribution in [1.29, 1.82) is 0 Å². The Morgan fingerprint density at radius 1 is 1.07 bits per heavy atom. The number of nitrogens with two attached hydrogens (primary N) is 1. The van der Waals surface area contributed by atoms with Gasteiger partial charge in [-0.05, 0) is 6.42 Å². The molecule has 8 atom stereocenters. The van der Waals surface area contributed by atoms with Gasteiger partial charge in [0.2, 0.25) is 11.8 Å². The van der Waals surface area contributed by atoms with Crippen LogP contribution >= 0.6 is 35.2 Å². The number of nitrogen functional groups attached to an aromatic ring is 1. The van der Waals surface area contributed by atoms with Crippen LogP contribution < -0.4 is 16.4 Å². The van der Waals surface area contributed by atoms with E-state index in [1.54, 1.807) is 0 Å². The van der Waals surface area contributed by atoms with Gasteiger partial charge in [-0.2, -0.15) is 4.31 Å². The number of rotatable bonds is 23. The van der Waals surface area contributed by atoms with Crippen LogP contribution in [0.1, 0.15) is 52.7 Å². The van der Waals surface area contributed by atoms with Crippen LogP contribution in [0.25, 0.3) is 11.2 Å². The molecule has 0 aromatic carbocycles. The highest BCUT2D eigenvalue weighted by Gasteiger charge is 2.50. The van der Waals surface area contributed by atoms with Gasteiger partial charge in [-0.15, -0.1) is 11.8 Å². The van der Waals surface area contributed by atoms with Gasteiger partial charge in [0.1, 0.15) is 36.3 Å². The van der Waals surface area contributed by atoms with Gasteiger partial charge < -0.3 is 56.0 Å². The summed E-state index contributed by atoms with van der Waals surface area (Å²) in [4.78, 5) is 75.5. The van der Waals surface area contributed by atoms with E-state index in [9.17, 15) is 58.2 Å². The highest BCUT2D eigenvalue weighted by molar-refractivity contribution is 7.99. The molecule has 2 amide bonds. The van der Waals surface area contributed by atoms with Crippen LogP contribution in [-0.2, 0) is 45.9 Å². The number of hydrogen-bond donors (Lipinski definition) is 10. The molecule has 28 heteroatoms. The fourth-order valence-corrected chi connectivity index (χ4v) is 8.44. The Labute approximate surface area is 313 Å². The van der Waals surface area contributed by atoms with E-state index in [0.29, 0.717) is 18.7 Å². The first-order valence-corrected chi connectivity index (χ1v) is 21.8. The number of hydrogen-bond acceptors (Lipinski definition) is 18. The summed E-state index contributed by atoms with van der Waals surface area (Å²) in [6.07, 6.45) is -4.34. The molecule has 1 aliphatic rings. The number of ether oxygens (including phenoxy) is 1. The van der Waals surface area contributed by atoms with E-state index in [-0.39, 0.29) is 29.9 Å². The number of aliphatic hydroxyl groups is 3. The quantitative estimate of drug-likeness (QED) is 0.0388. The van der Waals surface area contributed by atoms with Gasteiger partial charge in [-0.1, -0.05) is 33.6 Å². The summed E-state index contributed by atoms with van der Waals surface area (Å²) >= 11 is 1.30. The first-order valence-electron chi connectivity index (χ1n) is 16.2. The first kappa shape index (κ1) is 46.2. The Morgan fingerprint density at radius 2 is 1.76 bits per heavy atom. The topological polar surface area (TPSA) is 367 Å². The minimum Gasteiger partial charge on any atom is -0.386 e. The summed E-state index contributed by atoms with van der Waals surface area (Å²) in [6, 6.07) is 0. The molecule has 54 heavy (non-hydrogen) atoms. The number of nitrogens with zero attached hydrogens (tertiary/aromatic N) is 4. The van der Waals surface area contributed by atoms with Crippen LogP contribution in [0, 0.1) is 5.41 Å². The number of nitrogens with one attached hydrogen (secondary N) is 2. The largest absolute Gasteiger partial charge is 0.481 e. The molecule has 1 aliphatic heterocycles. The van der Waals surface area contributed by atoms with Gasteiger partial charge in [0.05, 0.1) is 25.0 Å². The zero-order valence-corrected chi connectivity index (χ0v) is 32.8. The zero-order valence-electron chi connectivity index (χ0n) is 29.3. The van der Waals surface area contributed by atoms with Crippen molar-refractivity contribution in [2.45, 2.75) is 82.5 Å². The summed E-state index contributed by atoms with van der Waals surface area (Å²) < 4.78 is 62.0. The molecule has 3 heterocycles. The minimum atomic E-state index is -5.56. The Hall–Kier alpha value is -2.15. The number of aliphatic hydroxyl groups excluding tert-OH is 3. The lowest BCUT2D eigenvalue weighted by molar-refractivity contribution is -0.137. The average Bonchev–Trinajstić information content (AvgIpc) is 3.63. The third-order valence-corrected chi connectivity index (χ3v) is 11.8. The van der Waals surface area contributed by atoms with Crippen molar-refractivity contribution < 1.29 is 80.8 Å². The fraction of sp³-hybridized carbons (Fsp3) is 0.731. The van der Waals surface area contributed by atoms with Crippen molar-refractivity contribution in [3.05, 3.63) is 12.7 Å². The number of imidazole rings is 1. The van der Waals surface area contributed by atoms with Crippen molar-refractivity contribution in [3.63, 3.8) is 0 Å². The zero-order chi connectivity index (χ0) is 40.5. The number of unbranched alkanes of at least 4 members (excludes halogenated alkanes) is 1. The van der Waals surface area contributed by atoms with Crippen LogP contribution in [0.3, 0.4) is 0 Å². The molecule has 0 aliphatic carbocycles. The van der Waals surface area contributed by atoms with Crippen LogP contribution in [-0.4, -0.2) is 128 Å². The molecule has 0 saturated carbocycles. The lowest BCUT2D eigenvalue weighted by Crippen LogP contribution is -2.46. The van der Waals surface area contributed by atoms with Gasteiger partial charge >= 0.3 is 23.5 Å². The lowest BCUT2D eigenvalue weighted by Gasteiger charge is -2.30. The number of amides is 2. The van der Waals surface area contributed by atoms with Gasteiger partial charge in [-0.25, -0.2) is 28.6 Å². The second kappa shape index (κ2) is 19.8. The van der Waals surface area contributed by atoms with Crippen molar-refractivity contribution in [3.8, 4) is 0 Å². The van der Waals surface area contributed by atoms with Gasteiger partial charge in [-0.3, -0.25) is 27.7 Å². The molecule has 24 nitrogen and oxygen atoms in total. The van der Waals surface area contributed by atoms with Crippen molar-refractivity contribution in [2.24, 2.45) is 5.41 Å². The van der Waals surface area contributed by atoms with E-state index in [2.05, 4.69) is 34.4 Å². The second-order valence-electron chi connectivity index (χ2n) is 12.5. The molecule has 3 rings (SSSR count). The van der Waals surface area contributed by atoms with Crippen LogP contribution in [0.4, 0.5) is 5.82 Å². The number of carbonyl (C=O) groups is 2. The number of phosphoric acid groups is 3. The predicted octanol–water partition coefficient (Wildman–Crippen LogP) is -0.353. The second-order valence-corrected chi connectivity index (χ2v) is 18.1. The summed E-state index contributed by atoms with van der Waals surface area (Å²) in [6.45, 7) is 2.66. The van der Waals surface area contributed by atoms with Gasteiger partial charge in [0.25, 0.3) is 0 Å². The first-order chi connectivity index (χ1) is 25.1. The van der Waals surface area contributed by atoms with E-state index in [1.165, 1.54) is 25.6 Å². The molecule has 1 fully saturated rings. The average molecular weight is 854 g/mol. The van der Waals surface area contributed by atoms with Crippen LogP contribution in [0.15, 0.2) is 12.7 Å². The molecule has 0 spiro atoms. The third kappa shape index (κ3) is 14.1. The number of aromatic nitrogens is 4. The summed E-state index contributed by atoms with van der Waals surface area (Å²) in [7, 11) is -16.4. The van der Waals surface area contributed by atoms with E-state index in [0.717, 1.165) is 30.1 Å². The molecule has 0 radical (unpaired) electrons. The van der Waals surface area contributed by atoms with Crippen LogP contribution in [0.5, 0.6) is 0 Å². The van der Waals surface area contributed by atoms with Crippen molar-refractivity contribution >= 4 is 64.0 Å². The van der Waals surface area contributed by atoms with E-state index in [1.807, 2.05) is 6.92 Å². The molecule has 2 aromatic rings. The third-order valence-electron chi connectivity index (χ3n) is 7.62. The Bertz CT molecular complexity index is 1720. The molecule has 4 unspecified atom stereocenters. The number of anilines is 1. The molecule has 0 bridgehead atoms. The molecular weight excluding hydrogens is 807 g/mol. The molecule has 11 N–H and O–H groups in total. The Morgan fingerprint density at radius 3 is 2.43 bits per heavy atom. The highest BCUT2D eigenvalue weighted by atomic mass is 32.2. The maximum atomic E-state index is 12.7. The highest BCUT2D eigenvalue weighted by Crippen LogP contribution is 2.61. The smallest absolute Gasteiger partial charge is 0.386 e. The standard InChI is InChI=1S/C26H46N7O17P3S/c1-4-5-6-17(35)54-10-9-28-16(34)7-8-29-24(38)21(37)26(2,3)12-47-53(44,45)50-52(42,43)46-11-15-20(49-51(39,40)41)19(36)25(48-15)33-14-32-18-22(27)30-13-31-23(18)33/h13-15,17,19-21,25,35-37H,4-12H2,1-3H3,(H,28,34)(H,29,38)(H,42,43)(H,44,45)(H2,27,30,31)(H2,39,40,41)/t15-,17?,19-,20-,21?,25-/m1/s1. The molecule has 308 valence electrons. The fourth-order valence-electron chi connectivity index (χ4n) is 4.79. The Balaban J connectivity index is 1.50. The number of fused-ring (bicyclic) bond motifs is 1. The SMILES string of the molecule is CCCCC(O)SCCNC(=O)CCNC(=O)C(O)C(C)(C)COP(=O)(O)OP(=O)(O)OC[C@H]1O[C@@H](n2cnc3c(N)ncnc32)[C@H](O)[C@@H]1OP(=O)(O)O. The van der Waals surface area contributed by atoms with E-state index in [4.69, 9.17) is 19.5 Å². The number of phosphoric ester groups is 3. The van der Waals surface area contributed by atoms with E-state index < -0.39 is 90.0 Å². The van der Waals surface area contributed by atoms with Crippen LogP contribution in [0.2, 0.25) is 0 Å². The summed E-state index contributed by atoms with van der Waals surface area (Å²) in [5.74, 6) is -0.904. The molecule has 1 saturated heterocycles. The predicted molar refractivity (Wildman–Crippen MR) is 188 cm³/mol. The molecule has 2 aromatic heterocycles. The summed E-state index contributed by atoms with van der Waals surface area (Å²) in [5, 5.41) is 36.2. The number of carbonyl (C=O) groups excluding carboxylic acids is 2. The van der Waals surface area contributed by atoms with Gasteiger partial charge in [0, 0.05) is 30.7 Å². The van der Waals surface area contributed by atoms with Gasteiger partial charge in [0.15, 0.2) is 17.7 Å². The minimum absolute atomic E-state index is 0.0340. The number of thioether (sulfide) groups is 1. The van der Waals surface area contributed by atoms with E-state index >= 15 is 0 Å². The Kier molecular flexibility index (Phi) is 17.0. The normalized spacial score (nSPS) is 22.7. The summed E-state index contributed by atoms with van der Waals surface area (Å²) in [5.41, 5.74) is 3.76. The van der Waals surface area contributed by atoms with Crippen molar-refractivity contribution in [2.75, 3.05) is 37.8 Å². The monoisotopic (exact) mass is 853 g/mol. The van der Waals surface area contributed by atoms with Crippen molar-refractivity contribution in [1.82, 2.24) is 30.2 Å². The molecular formula is C26H46N7O17P3S. The lowest BCUT2D eigenvalue weighted by atomic mass is 9.87. The maximum Gasteiger partial charge on any atom is 0.481 e.